The first kappa shape index (κ1) is 18.8. The van der Waals surface area contributed by atoms with Crippen LogP contribution in [0.3, 0.4) is 0 Å². The number of hydrogen-bond donors (Lipinski definition) is 1. The lowest BCUT2D eigenvalue weighted by Crippen LogP contribution is -2.26. The van der Waals surface area contributed by atoms with E-state index in [-0.39, 0.29) is 6.54 Å². The molecule has 0 saturated heterocycles. The van der Waals surface area contributed by atoms with Crippen LogP contribution in [0, 0.1) is 0 Å². The second-order valence-corrected chi connectivity index (χ2v) is 13.1. The highest BCUT2D eigenvalue weighted by Crippen LogP contribution is 2.22. The minimum atomic E-state index is -1.15. The van der Waals surface area contributed by atoms with Crippen molar-refractivity contribution in [2.24, 2.45) is 0 Å². The first-order valence-electron chi connectivity index (χ1n) is 7.84. The molecule has 24 heavy (non-hydrogen) atoms. The molecule has 1 N–H and O–H groups in total. The highest BCUT2D eigenvalue weighted by Gasteiger charge is 2.16. The van der Waals surface area contributed by atoms with E-state index in [1.165, 1.54) is 11.9 Å². The zero-order valence-corrected chi connectivity index (χ0v) is 16.3. The highest BCUT2D eigenvalue weighted by atomic mass is 35.5. The maximum Gasteiger partial charge on any atom is 0.407 e. The minimum absolute atomic E-state index is 0.265. The van der Waals surface area contributed by atoms with E-state index in [2.05, 4.69) is 24.6 Å². The summed E-state index contributed by atoms with van der Waals surface area (Å²) < 4.78 is 7.81. The number of carboxylic acid groups (broad SMARTS) is 1. The van der Waals surface area contributed by atoms with Gasteiger partial charge < -0.3 is 19.3 Å². The van der Waals surface area contributed by atoms with Gasteiger partial charge in [0.05, 0.1) is 17.6 Å². The summed E-state index contributed by atoms with van der Waals surface area (Å²) in [5, 5.41) is 9.52. The Morgan fingerprint density at radius 1 is 1.42 bits per heavy atom. The Kier molecular flexibility index (Phi) is 5.90. The summed E-state index contributed by atoms with van der Waals surface area (Å²) in [6.45, 7) is 8.26. The number of fused-ring (bicyclic) bond motifs is 1. The maximum atomic E-state index is 11.1. The molecule has 2 aromatic heterocycles. The van der Waals surface area contributed by atoms with Crippen LogP contribution in [-0.4, -0.2) is 47.4 Å². The largest absolute Gasteiger partial charge is 0.465 e. The van der Waals surface area contributed by atoms with Crippen molar-refractivity contribution in [3.8, 4) is 0 Å². The normalized spacial score (nSPS) is 11.9. The molecule has 1 amide bonds. The van der Waals surface area contributed by atoms with E-state index in [1.807, 2.05) is 16.7 Å². The van der Waals surface area contributed by atoms with E-state index in [0.29, 0.717) is 18.5 Å². The quantitative estimate of drug-likeness (QED) is 0.453. The van der Waals surface area contributed by atoms with Gasteiger partial charge in [-0.3, -0.25) is 0 Å². The predicted octanol–water partition coefficient (Wildman–Crippen LogP) is 4.11. The molecule has 2 aromatic rings. The molecule has 132 valence electrons. The van der Waals surface area contributed by atoms with E-state index < -0.39 is 14.2 Å². The van der Waals surface area contributed by atoms with E-state index in [4.69, 9.17) is 21.4 Å². The summed E-state index contributed by atoms with van der Waals surface area (Å²) in [6.07, 6.45) is -0.975. The Bertz CT molecular complexity index is 727. The predicted molar refractivity (Wildman–Crippen MR) is 98.3 cm³/mol. The van der Waals surface area contributed by atoms with Crippen molar-refractivity contribution < 1.29 is 14.6 Å². The molecule has 0 aromatic carbocycles. The van der Waals surface area contributed by atoms with E-state index >= 15 is 0 Å². The number of nitrogens with zero attached hydrogens (tertiary/aromatic N) is 3. The molecule has 2 heterocycles. The molecule has 0 radical (unpaired) electrons. The van der Waals surface area contributed by atoms with Gasteiger partial charge in [0, 0.05) is 27.4 Å². The third-order valence-corrected chi connectivity index (χ3v) is 5.67. The van der Waals surface area contributed by atoms with Crippen molar-refractivity contribution >= 4 is 36.8 Å². The van der Waals surface area contributed by atoms with Crippen LogP contribution in [0.5, 0.6) is 0 Å². The van der Waals surface area contributed by atoms with Gasteiger partial charge in [-0.2, -0.15) is 0 Å². The maximum absolute atomic E-state index is 11.1. The first-order valence-corrected chi connectivity index (χ1v) is 11.9. The molecule has 0 atom stereocenters. The van der Waals surface area contributed by atoms with Gasteiger partial charge in [-0.25, -0.2) is 9.78 Å². The van der Waals surface area contributed by atoms with Gasteiger partial charge in [-0.1, -0.05) is 31.2 Å². The number of carbonyl (C=O) groups is 1. The number of pyridine rings is 1. The van der Waals surface area contributed by atoms with Crippen LogP contribution < -0.4 is 0 Å². The lowest BCUT2D eigenvalue weighted by Gasteiger charge is -2.18. The fraction of sp³-hybridized carbons (Fsp3) is 0.500. The molecular formula is C16H24ClN3O3Si. The molecule has 8 heteroatoms. The van der Waals surface area contributed by atoms with Crippen molar-refractivity contribution in [2.45, 2.75) is 39.0 Å². The van der Waals surface area contributed by atoms with Crippen LogP contribution in [-0.2, 0) is 18.0 Å². The fourth-order valence-electron chi connectivity index (χ4n) is 2.30. The number of aromatic nitrogens is 2. The lowest BCUT2D eigenvalue weighted by molar-refractivity contribution is 0.0865. The summed E-state index contributed by atoms with van der Waals surface area (Å²) in [7, 11) is 0.393. The molecule has 0 bridgehead atoms. The SMILES string of the molecule is CN(Cc1cc2nc(Cl)ccc2n1COCC[Si](C)(C)C)C(=O)O. The molecule has 0 spiro atoms. The molecule has 0 fully saturated rings. The minimum Gasteiger partial charge on any atom is -0.465 e. The Morgan fingerprint density at radius 2 is 2.12 bits per heavy atom. The van der Waals surface area contributed by atoms with E-state index in [1.54, 1.807) is 6.07 Å². The van der Waals surface area contributed by atoms with Crippen molar-refractivity contribution in [1.82, 2.24) is 14.5 Å². The van der Waals surface area contributed by atoms with Gasteiger partial charge in [0.25, 0.3) is 0 Å². The third kappa shape index (κ3) is 4.96. The van der Waals surface area contributed by atoms with Crippen LogP contribution in [0.4, 0.5) is 4.79 Å². The van der Waals surface area contributed by atoms with Gasteiger partial charge in [0.1, 0.15) is 11.9 Å². The first-order chi connectivity index (χ1) is 11.2. The number of amides is 1. The Morgan fingerprint density at radius 3 is 2.75 bits per heavy atom. The number of hydrogen-bond acceptors (Lipinski definition) is 3. The molecule has 0 aliphatic carbocycles. The average Bonchev–Trinajstić information content (AvgIpc) is 2.79. The monoisotopic (exact) mass is 369 g/mol. The summed E-state index contributed by atoms with van der Waals surface area (Å²) in [4.78, 5) is 16.6. The molecule has 0 aliphatic heterocycles. The molecule has 2 rings (SSSR count). The Labute approximate surface area is 148 Å². The zero-order chi connectivity index (χ0) is 17.9. The average molecular weight is 370 g/mol. The molecule has 6 nitrogen and oxygen atoms in total. The topological polar surface area (TPSA) is 67.6 Å². The summed E-state index contributed by atoms with van der Waals surface area (Å²) >= 11 is 5.96. The van der Waals surface area contributed by atoms with Crippen LogP contribution in [0.25, 0.3) is 11.0 Å². The van der Waals surface area contributed by atoms with Crippen LogP contribution >= 0.6 is 11.6 Å². The van der Waals surface area contributed by atoms with Gasteiger partial charge >= 0.3 is 6.09 Å². The lowest BCUT2D eigenvalue weighted by atomic mass is 10.3. The molecule has 0 saturated carbocycles. The molecule has 0 unspecified atom stereocenters. The van der Waals surface area contributed by atoms with Gasteiger partial charge in [0.2, 0.25) is 0 Å². The van der Waals surface area contributed by atoms with Gasteiger partial charge in [-0.05, 0) is 24.2 Å². The zero-order valence-electron chi connectivity index (χ0n) is 14.5. The highest BCUT2D eigenvalue weighted by molar-refractivity contribution is 6.76. The van der Waals surface area contributed by atoms with Crippen LogP contribution in [0.1, 0.15) is 5.69 Å². The molecule has 0 aliphatic rings. The summed E-state index contributed by atoms with van der Waals surface area (Å²) in [6, 6.07) is 6.56. The van der Waals surface area contributed by atoms with Crippen LogP contribution in [0.2, 0.25) is 30.8 Å². The fourth-order valence-corrected chi connectivity index (χ4v) is 3.21. The van der Waals surface area contributed by atoms with E-state index in [9.17, 15) is 4.79 Å². The van der Waals surface area contributed by atoms with E-state index in [0.717, 1.165) is 22.8 Å². The van der Waals surface area contributed by atoms with Crippen molar-refractivity contribution in [1.29, 1.82) is 0 Å². The number of ether oxygens (including phenoxy) is 1. The van der Waals surface area contributed by atoms with Gasteiger partial charge in [0.15, 0.2) is 0 Å². The smallest absolute Gasteiger partial charge is 0.407 e. The standard InChI is InChI=1S/C16H24ClN3O3Si/c1-19(16(21)22)10-12-9-13-14(5-6-15(17)18-13)20(12)11-23-7-8-24(2,3)4/h5-6,9H,7-8,10-11H2,1-4H3,(H,21,22). The molecular weight excluding hydrogens is 346 g/mol. The third-order valence-electron chi connectivity index (χ3n) is 3.75. The summed E-state index contributed by atoms with van der Waals surface area (Å²) in [5.74, 6) is 0. The number of rotatable bonds is 7. The van der Waals surface area contributed by atoms with Crippen molar-refractivity contribution in [2.75, 3.05) is 13.7 Å². The van der Waals surface area contributed by atoms with Crippen molar-refractivity contribution in [3.05, 3.63) is 29.0 Å². The van der Waals surface area contributed by atoms with Gasteiger partial charge in [-0.15, -0.1) is 0 Å². The second kappa shape index (κ2) is 7.54. The second-order valence-electron chi connectivity index (χ2n) is 7.09. The van der Waals surface area contributed by atoms with Crippen LogP contribution in [0.15, 0.2) is 18.2 Å². The number of halogens is 1. The Balaban J connectivity index is 2.22. The van der Waals surface area contributed by atoms with Crippen molar-refractivity contribution in [3.63, 3.8) is 0 Å². The Hall–Kier alpha value is -1.57. The summed E-state index contributed by atoms with van der Waals surface area (Å²) in [5.41, 5.74) is 2.46.